The zero-order valence-corrected chi connectivity index (χ0v) is 13.8. The second-order valence-electron chi connectivity index (χ2n) is 5.44. The van der Waals surface area contributed by atoms with Crippen LogP contribution in [0.5, 0.6) is 0 Å². The maximum atomic E-state index is 5.67. The first-order valence-corrected chi connectivity index (χ1v) is 7.59. The number of aromatic amines is 1. The first kappa shape index (κ1) is 14.1. The lowest BCUT2D eigenvalue weighted by atomic mass is 10.1. The van der Waals surface area contributed by atoms with Gasteiger partial charge in [-0.1, -0.05) is 0 Å². The minimum absolute atomic E-state index is 0.102. The molecular weight excluding hydrogens is 284 g/mol. The highest BCUT2D eigenvalue weighted by Gasteiger charge is 2.21. The lowest BCUT2D eigenvalue weighted by molar-refractivity contribution is 0.493. The van der Waals surface area contributed by atoms with Crippen LogP contribution in [-0.2, 0) is 6.54 Å². The van der Waals surface area contributed by atoms with Crippen molar-refractivity contribution in [1.29, 1.82) is 0 Å². The Hall–Kier alpha value is -1.82. The lowest BCUT2D eigenvalue weighted by Gasteiger charge is -2.14. The van der Waals surface area contributed by atoms with Gasteiger partial charge in [-0.3, -0.25) is 4.57 Å². The van der Waals surface area contributed by atoms with Gasteiger partial charge in [0.2, 0.25) is 0 Å². The van der Waals surface area contributed by atoms with Crippen LogP contribution in [0.1, 0.15) is 42.7 Å². The van der Waals surface area contributed by atoms with Crippen molar-refractivity contribution in [3.8, 4) is 0 Å². The first-order valence-electron chi connectivity index (χ1n) is 7.18. The van der Waals surface area contributed by atoms with E-state index in [0.29, 0.717) is 0 Å². The molecule has 0 spiro atoms. The lowest BCUT2D eigenvalue weighted by Crippen LogP contribution is -2.11. The quantitative estimate of drug-likeness (QED) is 0.743. The number of nitrogens with zero attached hydrogens (tertiary/aromatic N) is 3. The van der Waals surface area contributed by atoms with Gasteiger partial charge in [0.05, 0.1) is 11.7 Å². The molecule has 5 nitrogen and oxygen atoms in total. The molecule has 112 valence electrons. The van der Waals surface area contributed by atoms with Gasteiger partial charge >= 0.3 is 0 Å². The molecule has 0 aliphatic rings. The fraction of sp³-hybridized carbons (Fsp3) is 0.467. The van der Waals surface area contributed by atoms with Crippen molar-refractivity contribution >= 4 is 23.4 Å². The Morgan fingerprint density at radius 3 is 2.67 bits per heavy atom. The summed E-state index contributed by atoms with van der Waals surface area (Å²) in [6.45, 7) is 11.0. The number of hydrogen-bond donors (Lipinski definition) is 1. The third-order valence-electron chi connectivity index (χ3n) is 4.00. The minimum Gasteiger partial charge on any atom is -0.466 e. The van der Waals surface area contributed by atoms with Gasteiger partial charge < -0.3 is 9.40 Å². The number of furan rings is 1. The van der Waals surface area contributed by atoms with Crippen LogP contribution >= 0.6 is 12.2 Å². The highest BCUT2D eigenvalue weighted by atomic mass is 32.1. The van der Waals surface area contributed by atoms with Crippen LogP contribution in [0.3, 0.4) is 0 Å². The maximum absolute atomic E-state index is 5.67. The summed E-state index contributed by atoms with van der Waals surface area (Å²) < 4.78 is 10.5. The second kappa shape index (κ2) is 4.87. The number of aryl methyl sites for hydroxylation is 4. The highest BCUT2D eigenvalue weighted by Crippen LogP contribution is 2.29. The number of fused-ring (bicyclic) bond motifs is 1. The van der Waals surface area contributed by atoms with Gasteiger partial charge in [-0.15, -0.1) is 0 Å². The van der Waals surface area contributed by atoms with Crippen LogP contribution < -0.4 is 0 Å². The fourth-order valence-corrected chi connectivity index (χ4v) is 3.35. The van der Waals surface area contributed by atoms with Crippen molar-refractivity contribution < 1.29 is 4.42 Å². The third kappa shape index (κ3) is 2.05. The molecule has 0 saturated carbocycles. The number of hydrogen-bond acceptors (Lipinski definition) is 3. The molecule has 0 bridgehead atoms. The van der Waals surface area contributed by atoms with Gasteiger partial charge in [0, 0.05) is 12.1 Å². The van der Waals surface area contributed by atoms with Gasteiger partial charge in [-0.25, -0.2) is 4.68 Å². The Morgan fingerprint density at radius 1 is 1.38 bits per heavy atom. The summed E-state index contributed by atoms with van der Waals surface area (Å²) in [5.41, 5.74) is 4.20. The Bertz CT molecular complexity index is 864. The largest absolute Gasteiger partial charge is 0.466 e. The van der Waals surface area contributed by atoms with E-state index in [2.05, 4.69) is 34.6 Å². The molecule has 0 aromatic carbocycles. The van der Waals surface area contributed by atoms with Crippen LogP contribution in [0.15, 0.2) is 10.5 Å². The standard InChI is InChI=1S/C15H20N4OS/c1-6-18-14-13(9(3)17-18)16-15(21)19(14)10(4)12-7-8(2)20-11(12)5/h7,10H,6H2,1-5H3,(H,16,21). The SMILES string of the molecule is CCn1nc(C)c2[nH]c(=S)n(C(C)c3cc(C)oc3C)c21. The molecule has 3 aromatic rings. The Kier molecular flexibility index (Phi) is 3.28. The summed E-state index contributed by atoms with van der Waals surface area (Å²) in [4.78, 5) is 3.29. The van der Waals surface area contributed by atoms with E-state index in [0.717, 1.165) is 45.3 Å². The van der Waals surface area contributed by atoms with Crippen LogP contribution in [0.2, 0.25) is 0 Å². The van der Waals surface area contributed by atoms with Gasteiger partial charge in [0.15, 0.2) is 10.4 Å². The molecule has 0 radical (unpaired) electrons. The molecule has 3 rings (SSSR count). The zero-order valence-electron chi connectivity index (χ0n) is 13.0. The van der Waals surface area contributed by atoms with Crippen molar-refractivity contribution in [2.45, 2.75) is 47.2 Å². The second-order valence-corrected chi connectivity index (χ2v) is 5.83. The molecule has 0 amide bonds. The number of imidazole rings is 1. The molecule has 3 aromatic heterocycles. The number of rotatable bonds is 3. The van der Waals surface area contributed by atoms with Crippen molar-refractivity contribution in [3.05, 3.63) is 33.6 Å². The molecule has 1 atom stereocenters. The van der Waals surface area contributed by atoms with E-state index in [1.165, 1.54) is 0 Å². The topological polar surface area (TPSA) is 51.7 Å². The summed E-state index contributed by atoms with van der Waals surface area (Å²) >= 11 is 5.54. The Balaban J connectivity index is 2.26. The van der Waals surface area contributed by atoms with E-state index >= 15 is 0 Å². The van der Waals surface area contributed by atoms with Crippen molar-refractivity contribution in [2.24, 2.45) is 0 Å². The van der Waals surface area contributed by atoms with Crippen LogP contribution in [0.25, 0.3) is 11.2 Å². The van der Waals surface area contributed by atoms with Crippen molar-refractivity contribution in [1.82, 2.24) is 19.3 Å². The molecule has 6 heteroatoms. The predicted octanol–water partition coefficient (Wildman–Crippen LogP) is 4.04. The van der Waals surface area contributed by atoms with Gasteiger partial charge in [-0.05, 0) is 52.9 Å². The Labute approximate surface area is 128 Å². The van der Waals surface area contributed by atoms with Crippen LogP contribution in [0, 0.1) is 25.5 Å². The molecule has 21 heavy (non-hydrogen) atoms. The third-order valence-corrected chi connectivity index (χ3v) is 4.29. The van der Waals surface area contributed by atoms with E-state index < -0.39 is 0 Å². The monoisotopic (exact) mass is 304 g/mol. The maximum Gasteiger partial charge on any atom is 0.179 e. The van der Waals surface area contributed by atoms with E-state index in [-0.39, 0.29) is 6.04 Å². The highest BCUT2D eigenvalue weighted by molar-refractivity contribution is 7.71. The van der Waals surface area contributed by atoms with E-state index in [1.807, 2.05) is 25.5 Å². The molecule has 0 saturated heterocycles. The molecule has 0 fully saturated rings. The summed E-state index contributed by atoms with van der Waals surface area (Å²) in [5.74, 6) is 1.86. The van der Waals surface area contributed by atoms with Crippen LogP contribution in [0.4, 0.5) is 0 Å². The molecular formula is C15H20N4OS. The fourth-order valence-electron chi connectivity index (χ4n) is 3.01. The average Bonchev–Trinajstić information content (AvgIpc) is 3.03. The first-order chi connectivity index (χ1) is 9.93. The van der Waals surface area contributed by atoms with Crippen molar-refractivity contribution in [3.63, 3.8) is 0 Å². The normalized spacial score (nSPS) is 13.2. The molecule has 1 unspecified atom stereocenters. The summed E-state index contributed by atoms with van der Waals surface area (Å²) in [6.07, 6.45) is 0. The van der Waals surface area contributed by atoms with Gasteiger partial charge in [-0.2, -0.15) is 5.10 Å². The van der Waals surface area contributed by atoms with E-state index in [4.69, 9.17) is 16.6 Å². The Morgan fingerprint density at radius 2 is 2.10 bits per heavy atom. The van der Waals surface area contributed by atoms with Gasteiger partial charge in [0.25, 0.3) is 0 Å². The summed E-state index contributed by atoms with van der Waals surface area (Å²) in [7, 11) is 0. The zero-order chi connectivity index (χ0) is 15.3. The summed E-state index contributed by atoms with van der Waals surface area (Å²) in [6, 6.07) is 2.19. The molecule has 0 aliphatic heterocycles. The number of nitrogens with one attached hydrogen (secondary N) is 1. The molecule has 1 N–H and O–H groups in total. The summed E-state index contributed by atoms with van der Waals surface area (Å²) in [5, 5.41) is 4.57. The molecule has 3 heterocycles. The predicted molar refractivity (Wildman–Crippen MR) is 85.3 cm³/mol. The average molecular weight is 304 g/mol. The molecule has 0 aliphatic carbocycles. The van der Waals surface area contributed by atoms with Gasteiger partial charge in [0.1, 0.15) is 17.0 Å². The number of H-pyrrole nitrogens is 1. The van der Waals surface area contributed by atoms with E-state index in [9.17, 15) is 0 Å². The minimum atomic E-state index is 0.102. The smallest absolute Gasteiger partial charge is 0.179 e. The van der Waals surface area contributed by atoms with Crippen molar-refractivity contribution in [2.75, 3.05) is 0 Å². The van der Waals surface area contributed by atoms with Crippen LogP contribution in [-0.4, -0.2) is 19.3 Å². The number of aromatic nitrogens is 4. The van der Waals surface area contributed by atoms with E-state index in [1.54, 1.807) is 0 Å².